The van der Waals surface area contributed by atoms with Crippen LogP contribution in [0.4, 0.5) is 11.4 Å². The summed E-state index contributed by atoms with van der Waals surface area (Å²) in [4.78, 5) is 23.0. The Labute approximate surface area is 111 Å². The molecule has 1 aliphatic rings. The molecule has 1 amide bonds. The number of hydrogen-bond donors (Lipinski definition) is 1. The summed E-state index contributed by atoms with van der Waals surface area (Å²) >= 11 is 0. The molecule has 2 aromatic rings. The van der Waals surface area contributed by atoms with Crippen LogP contribution >= 0.6 is 0 Å². The summed E-state index contributed by atoms with van der Waals surface area (Å²) in [5.41, 5.74) is 3.08. The molecule has 0 radical (unpaired) electrons. The number of anilines is 2. The van der Waals surface area contributed by atoms with Gasteiger partial charge < -0.3 is 14.8 Å². The minimum Gasteiger partial charge on any atom is -0.362 e. The molecule has 0 unspecified atom stereocenters. The van der Waals surface area contributed by atoms with Gasteiger partial charge in [0.05, 0.1) is 29.9 Å². The molecule has 98 valence electrons. The molecular weight excluding hydrogens is 240 g/mol. The maximum absolute atomic E-state index is 11.7. The van der Waals surface area contributed by atoms with Crippen LogP contribution in [0.3, 0.4) is 0 Å². The molecule has 0 aliphatic carbocycles. The first-order valence-electron chi connectivity index (χ1n) is 6.35. The highest BCUT2D eigenvalue weighted by molar-refractivity contribution is 5.96. The molecule has 1 aliphatic heterocycles. The van der Waals surface area contributed by atoms with Gasteiger partial charge in [-0.15, -0.1) is 0 Å². The zero-order chi connectivity index (χ0) is 13.2. The Morgan fingerprint density at radius 1 is 1.32 bits per heavy atom. The lowest BCUT2D eigenvalue weighted by molar-refractivity contribution is -0.116. The van der Waals surface area contributed by atoms with E-state index in [1.165, 1.54) is 0 Å². The molecule has 1 aromatic carbocycles. The lowest BCUT2D eigenvalue weighted by Gasteiger charge is -2.37. The van der Waals surface area contributed by atoms with Crippen molar-refractivity contribution in [1.29, 1.82) is 0 Å². The van der Waals surface area contributed by atoms with Gasteiger partial charge in [0.15, 0.2) is 0 Å². The lowest BCUT2D eigenvalue weighted by Crippen LogP contribution is -2.43. The molecule has 5 heteroatoms. The second-order valence-corrected chi connectivity index (χ2v) is 4.64. The predicted octanol–water partition coefficient (Wildman–Crippen LogP) is 1.78. The van der Waals surface area contributed by atoms with Gasteiger partial charge in [-0.05, 0) is 12.1 Å². The van der Waals surface area contributed by atoms with E-state index < -0.39 is 0 Å². The maximum Gasteiger partial charge on any atom is 0.223 e. The molecule has 0 bridgehead atoms. The monoisotopic (exact) mass is 256 g/mol. The summed E-state index contributed by atoms with van der Waals surface area (Å²) in [5, 5.41) is 0. The van der Waals surface area contributed by atoms with E-state index in [1.54, 1.807) is 13.3 Å². The standard InChI is InChI=1S/C14H16N4O/c1-11(19)18-7-6-17(9-12-8-15-10-16-12)13-4-2-3-5-14(13)18/h2-5,8,10H,6-7,9H2,1H3,(H,15,16). The summed E-state index contributed by atoms with van der Waals surface area (Å²) in [6.45, 7) is 3.91. The summed E-state index contributed by atoms with van der Waals surface area (Å²) in [5.74, 6) is 0.0897. The van der Waals surface area contributed by atoms with E-state index in [0.717, 1.165) is 36.7 Å². The Kier molecular flexibility index (Phi) is 2.95. The van der Waals surface area contributed by atoms with Crippen LogP contribution in [0.1, 0.15) is 12.6 Å². The molecule has 19 heavy (non-hydrogen) atoms. The quantitative estimate of drug-likeness (QED) is 0.891. The number of nitrogens with zero attached hydrogens (tertiary/aromatic N) is 3. The third kappa shape index (κ3) is 2.19. The van der Waals surface area contributed by atoms with Crippen molar-refractivity contribution in [3.8, 4) is 0 Å². The molecule has 2 heterocycles. The van der Waals surface area contributed by atoms with Crippen molar-refractivity contribution in [2.24, 2.45) is 0 Å². The third-order valence-corrected chi connectivity index (χ3v) is 3.39. The number of carbonyl (C=O) groups is 1. The number of aromatic amines is 1. The number of rotatable bonds is 2. The lowest BCUT2D eigenvalue weighted by atomic mass is 10.1. The number of benzene rings is 1. The van der Waals surface area contributed by atoms with Gasteiger partial charge in [-0.1, -0.05) is 12.1 Å². The van der Waals surface area contributed by atoms with E-state index in [2.05, 4.69) is 20.9 Å². The highest BCUT2D eigenvalue weighted by atomic mass is 16.2. The van der Waals surface area contributed by atoms with Gasteiger partial charge in [-0.2, -0.15) is 0 Å². The molecule has 5 nitrogen and oxygen atoms in total. The smallest absolute Gasteiger partial charge is 0.223 e. The molecule has 0 atom stereocenters. The average Bonchev–Trinajstić information content (AvgIpc) is 2.91. The topological polar surface area (TPSA) is 52.2 Å². The highest BCUT2D eigenvalue weighted by Crippen LogP contribution is 2.33. The number of amides is 1. The normalized spacial score (nSPS) is 14.4. The first-order chi connectivity index (χ1) is 9.25. The van der Waals surface area contributed by atoms with E-state index in [0.29, 0.717) is 0 Å². The van der Waals surface area contributed by atoms with Crippen LogP contribution in [0.25, 0.3) is 0 Å². The Balaban J connectivity index is 1.92. The number of hydrogen-bond acceptors (Lipinski definition) is 3. The van der Waals surface area contributed by atoms with Crippen molar-refractivity contribution >= 4 is 17.3 Å². The molecule has 0 spiro atoms. The van der Waals surface area contributed by atoms with Crippen LogP contribution in [0, 0.1) is 0 Å². The maximum atomic E-state index is 11.7. The Morgan fingerprint density at radius 2 is 2.11 bits per heavy atom. The number of H-pyrrole nitrogens is 1. The summed E-state index contributed by atoms with van der Waals surface area (Å²) in [6, 6.07) is 8.01. The fourth-order valence-electron chi connectivity index (χ4n) is 2.49. The fourth-order valence-corrected chi connectivity index (χ4v) is 2.49. The second-order valence-electron chi connectivity index (χ2n) is 4.64. The molecule has 0 saturated carbocycles. The number of fused-ring (bicyclic) bond motifs is 1. The Hall–Kier alpha value is -2.30. The zero-order valence-corrected chi connectivity index (χ0v) is 10.8. The molecular formula is C14H16N4O. The highest BCUT2D eigenvalue weighted by Gasteiger charge is 2.24. The number of imidazole rings is 1. The van der Waals surface area contributed by atoms with Crippen LogP contribution in [-0.2, 0) is 11.3 Å². The van der Waals surface area contributed by atoms with Crippen molar-refractivity contribution in [3.05, 3.63) is 42.5 Å². The molecule has 0 fully saturated rings. The Bertz CT molecular complexity index is 579. The first-order valence-corrected chi connectivity index (χ1v) is 6.35. The summed E-state index contributed by atoms with van der Waals surface area (Å²) < 4.78 is 0. The predicted molar refractivity (Wildman–Crippen MR) is 74.1 cm³/mol. The average molecular weight is 256 g/mol. The SMILES string of the molecule is CC(=O)N1CCN(Cc2c[nH]cn2)c2ccccc21. The molecule has 1 N–H and O–H groups in total. The Morgan fingerprint density at radius 3 is 2.79 bits per heavy atom. The van der Waals surface area contributed by atoms with Gasteiger partial charge in [0.1, 0.15) is 0 Å². The van der Waals surface area contributed by atoms with E-state index >= 15 is 0 Å². The van der Waals surface area contributed by atoms with Crippen molar-refractivity contribution in [1.82, 2.24) is 9.97 Å². The molecule has 0 saturated heterocycles. The van der Waals surface area contributed by atoms with Crippen LogP contribution in [0.2, 0.25) is 0 Å². The van der Waals surface area contributed by atoms with Crippen molar-refractivity contribution in [2.45, 2.75) is 13.5 Å². The fraction of sp³-hybridized carbons (Fsp3) is 0.286. The minimum atomic E-state index is 0.0897. The van der Waals surface area contributed by atoms with Crippen molar-refractivity contribution in [2.75, 3.05) is 22.9 Å². The van der Waals surface area contributed by atoms with Gasteiger partial charge in [0.25, 0.3) is 0 Å². The largest absolute Gasteiger partial charge is 0.362 e. The van der Waals surface area contributed by atoms with Crippen molar-refractivity contribution < 1.29 is 4.79 Å². The van der Waals surface area contributed by atoms with E-state index in [-0.39, 0.29) is 5.91 Å². The summed E-state index contributed by atoms with van der Waals surface area (Å²) in [6.07, 6.45) is 3.59. The zero-order valence-electron chi connectivity index (χ0n) is 10.8. The van der Waals surface area contributed by atoms with Crippen molar-refractivity contribution in [3.63, 3.8) is 0 Å². The molecule has 3 rings (SSSR count). The van der Waals surface area contributed by atoms with Gasteiger partial charge in [-0.3, -0.25) is 4.79 Å². The van der Waals surface area contributed by atoms with E-state index in [1.807, 2.05) is 29.3 Å². The van der Waals surface area contributed by atoms with Gasteiger partial charge >= 0.3 is 0 Å². The van der Waals surface area contributed by atoms with Crippen LogP contribution in [0.5, 0.6) is 0 Å². The second kappa shape index (κ2) is 4.76. The number of nitrogens with one attached hydrogen (secondary N) is 1. The summed E-state index contributed by atoms with van der Waals surface area (Å²) in [7, 11) is 0. The van der Waals surface area contributed by atoms with Gasteiger partial charge in [0, 0.05) is 26.2 Å². The van der Waals surface area contributed by atoms with E-state index in [4.69, 9.17) is 0 Å². The minimum absolute atomic E-state index is 0.0897. The third-order valence-electron chi connectivity index (χ3n) is 3.39. The first kappa shape index (κ1) is 11.8. The van der Waals surface area contributed by atoms with Crippen LogP contribution < -0.4 is 9.80 Å². The van der Waals surface area contributed by atoms with Gasteiger partial charge in [0.2, 0.25) is 5.91 Å². The molecule has 1 aromatic heterocycles. The van der Waals surface area contributed by atoms with Crippen LogP contribution in [-0.4, -0.2) is 29.0 Å². The number of carbonyl (C=O) groups excluding carboxylic acids is 1. The number of aromatic nitrogens is 2. The van der Waals surface area contributed by atoms with Gasteiger partial charge in [-0.25, -0.2) is 4.98 Å². The van der Waals surface area contributed by atoms with E-state index in [9.17, 15) is 4.79 Å². The number of para-hydroxylation sites is 2. The van der Waals surface area contributed by atoms with Crippen LogP contribution in [0.15, 0.2) is 36.8 Å².